The molecule has 0 spiro atoms. The molecular weight excluding hydrogens is 492 g/mol. The first-order valence-electron chi connectivity index (χ1n) is 11.6. The van der Waals surface area contributed by atoms with Gasteiger partial charge in [0, 0.05) is 5.56 Å². The van der Waals surface area contributed by atoms with Gasteiger partial charge >= 0.3 is 11.9 Å². The SMILES string of the molecule is C=CCOc1ccc(C(O)=C2C(=O)C(=O)N(c3nc(C)c(C(=O)OCC)s3)C2c2ccc(C)cc2)cc1. The largest absolute Gasteiger partial charge is 0.507 e. The number of ether oxygens (including phenoxy) is 2. The fourth-order valence-electron chi connectivity index (χ4n) is 3.98. The summed E-state index contributed by atoms with van der Waals surface area (Å²) in [6.07, 6.45) is 1.62. The number of thiazole rings is 1. The Morgan fingerprint density at radius 2 is 1.81 bits per heavy atom. The smallest absolute Gasteiger partial charge is 0.350 e. The van der Waals surface area contributed by atoms with Crippen LogP contribution in [0.15, 0.2) is 66.8 Å². The second-order valence-electron chi connectivity index (χ2n) is 8.34. The molecule has 1 atom stereocenters. The third-order valence-corrected chi connectivity index (χ3v) is 6.92. The number of aliphatic hydroxyl groups is 1. The number of rotatable bonds is 8. The van der Waals surface area contributed by atoms with Crippen molar-refractivity contribution >= 4 is 39.9 Å². The van der Waals surface area contributed by atoms with E-state index in [9.17, 15) is 19.5 Å². The first-order chi connectivity index (χ1) is 17.8. The highest BCUT2D eigenvalue weighted by atomic mass is 32.1. The standard InChI is InChI=1S/C28H26N2O6S/c1-5-15-36-20-13-11-19(12-14-20)23(31)21-22(18-9-7-16(3)8-10-18)30(26(33)24(21)32)28-29-17(4)25(37-28)27(34)35-6-2/h5,7-14,22,31H,1,6,15H2,2-4H3. The zero-order chi connectivity index (χ0) is 26.7. The fraction of sp³-hybridized carbons (Fsp3) is 0.214. The normalized spacial score (nSPS) is 16.6. The molecule has 8 nitrogen and oxygen atoms in total. The number of benzene rings is 2. The molecule has 1 N–H and O–H groups in total. The molecule has 1 fully saturated rings. The number of esters is 1. The Balaban J connectivity index is 1.84. The molecule has 37 heavy (non-hydrogen) atoms. The maximum Gasteiger partial charge on any atom is 0.350 e. The van der Waals surface area contributed by atoms with Crippen LogP contribution < -0.4 is 9.64 Å². The maximum absolute atomic E-state index is 13.3. The van der Waals surface area contributed by atoms with Gasteiger partial charge in [0.25, 0.3) is 5.78 Å². The summed E-state index contributed by atoms with van der Waals surface area (Å²) in [6, 6.07) is 12.9. The van der Waals surface area contributed by atoms with Crippen molar-refractivity contribution in [3.05, 3.63) is 94.0 Å². The third-order valence-electron chi connectivity index (χ3n) is 5.79. The van der Waals surface area contributed by atoms with Crippen LogP contribution >= 0.6 is 11.3 Å². The second-order valence-corrected chi connectivity index (χ2v) is 9.31. The van der Waals surface area contributed by atoms with E-state index in [4.69, 9.17) is 9.47 Å². The van der Waals surface area contributed by atoms with Gasteiger partial charge in [0.05, 0.1) is 23.9 Å². The van der Waals surface area contributed by atoms with Gasteiger partial charge in [-0.1, -0.05) is 53.8 Å². The van der Waals surface area contributed by atoms with Gasteiger partial charge in [-0.2, -0.15) is 0 Å². The Hall–Kier alpha value is -4.24. The number of hydrogen-bond donors (Lipinski definition) is 1. The third kappa shape index (κ3) is 5.03. The molecule has 190 valence electrons. The molecule has 0 bridgehead atoms. The van der Waals surface area contributed by atoms with E-state index in [1.165, 1.54) is 4.90 Å². The van der Waals surface area contributed by atoms with Crippen molar-refractivity contribution in [2.75, 3.05) is 18.1 Å². The van der Waals surface area contributed by atoms with E-state index in [2.05, 4.69) is 11.6 Å². The van der Waals surface area contributed by atoms with Gasteiger partial charge < -0.3 is 14.6 Å². The molecule has 1 unspecified atom stereocenters. The quantitative estimate of drug-likeness (QED) is 0.145. The summed E-state index contributed by atoms with van der Waals surface area (Å²) in [6.45, 7) is 9.39. The van der Waals surface area contributed by atoms with Crippen molar-refractivity contribution < 1.29 is 29.0 Å². The van der Waals surface area contributed by atoms with Crippen molar-refractivity contribution in [2.24, 2.45) is 0 Å². The highest BCUT2D eigenvalue weighted by Crippen LogP contribution is 2.44. The number of Topliss-reactive ketones (excluding diaryl/α,β-unsaturated/α-hetero) is 1. The first-order valence-corrected chi connectivity index (χ1v) is 12.4. The molecule has 1 saturated heterocycles. The minimum Gasteiger partial charge on any atom is -0.507 e. The summed E-state index contributed by atoms with van der Waals surface area (Å²) in [5.74, 6) is -1.99. The van der Waals surface area contributed by atoms with Gasteiger partial charge in [0.1, 0.15) is 23.0 Å². The van der Waals surface area contributed by atoms with Crippen LogP contribution in [-0.2, 0) is 14.3 Å². The Labute approximate surface area is 218 Å². The van der Waals surface area contributed by atoms with Crippen molar-refractivity contribution in [1.82, 2.24) is 4.98 Å². The number of anilines is 1. The van der Waals surface area contributed by atoms with E-state index < -0.39 is 23.7 Å². The average molecular weight is 519 g/mol. The molecule has 0 radical (unpaired) electrons. The number of hydrogen-bond acceptors (Lipinski definition) is 8. The highest BCUT2D eigenvalue weighted by molar-refractivity contribution is 7.17. The lowest BCUT2D eigenvalue weighted by Gasteiger charge is -2.23. The number of aryl methyl sites for hydroxylation is 2. The predicted molar refractivity (Wildman–Crippen MR) is 141 cm³/mol. The van der Waals surface area contributed by atoms with Crippen molar-refractivity contribution in [2.45, 2.75) is 26.8 Å². The van der Waals surface area contributed by atoms with Crippen LogP contribution in [0.3, 0.4) is 0 Å². The average Bonchev–Trinajstić information content (AvgIpc) is 3.40. The summed E-state index contributed by atoms with van der Waals surface area (Å²) in [5, 5.41) is 11.4. The number of aromatic nitrogens is 1. The number of carbonyl (C=O) groups excluding carboxylic acids is 3. The number of carbonyl (C=O) groups is 3. The minimum atomic E-state index is -0.946. The monoisotopic (exact) mass is 518 g/mol. The fourth-order valence-corrected chi connectivity index (χ4v) is 4.97. The van der Waals surface area contributed by atoms with Crippen LogP contribution in [0, 0.1) is 13.8 Å². The lowest BCUT2D eigenvalue weighted by atomic mass is 9.95. The van der Waals surface area contributed by atoms with E-state index in [-0.39, 0.29) is 27.9 Å². The zero-order valence-corrected chi connectivity index (χ0v) is 21.5. The number of amides is 1. The Morgan fingerprint density at radius 1 is 1.14 bits per heavy atom. The van der Waals surface area contributed by atoms with Gasteiger partial charge in [-0.15, -0.1) is 0 Å². The summed E-state index contributed by atoms with van der Waals surface area (Å²) >= 11 is 0.970. The molecular formula is C28H26N2O6S. The van der Waals surface area contributed by atoms with E-state index >= 15 is 0 Å². The molecule has 1 amide bonds. The summed E-state index contributed by atoms with van der Waals surface area (Å²) < 4.78 is 10.6. The Kier molecular flexibility index (Phi) is 7.54. The second kappa shape index (κ2) is 10.8. The van der Waals surface area contributed by atoms with Gasteiger partial charge in [-0.05, 0) is 50.6 Å². The molecule has 2 heterocycles. The van der Waals surface area contributed by atoms with Crippen LogP contribution in [0.1, 0.15) is 45.0 Å². The summed E-state index contributed by atoms with van der Waals surface area (Å²) in [4.78, 5) is 45.0. The van der Waals surface area contributed by atoms with E-state index in [1.807, 2.05) is 19.1 Å². The number of ketones is 1. The topological polar surface area (TPSA) is 106 Å². The molecule has 1 aliphatic rings. The minimum absolute atomic E-state index is 0.0702. The van der Waals surface area contributed by atoms with Gasteiger partial charge in [-0.25, -0.2) is 9.78 Å². The molecule has 2 aromatic carbocycles. The van der Waals surface area contributed by atoms with Gasteiger partial charge in [-0.3, -0.25) is 14.5 Å². The predicted octanol–water partition coefficient (Wildman–Crippen LogP) is 5.13. The molecule has 1 aliphatic heterocycles. The number of aliphatic hydroxyl groups excluding tert-OH is 1. The Morgan fingerprint density at radius 3 is 2.43 bits per heavy atom. The van der Waals surface area contributed by atoms with Gasteiger partial charge in [0.15, 0.2) is 5.13 Å². The van der Waals surface area contributed by atoms with E-state index in [0.29, 0.717) is 29.2 Å². The lowest BCUT2D eigenvalue weighted by Crippen LogP contribution is -2.29. The lowest BCUT2D eigenvalue weighted by molar-refractivity contribution is -0.132. The molecule has 1 aromatic heterocycles. The van der Waals surface area contributed by atoms with Crippen molar-refractivity contribution in [3.63, 3.8) is 0 Å². The van der Waals surface area contributed by atoms with Gasteiger partial charge in [0.2, 0.25) is 0 Å². The molecule has 0 aliphatic carbocycles. The van der Waals surface area contributed by atoms with Crippen LogP contribution in [0.4, 0.5) is 5.13 Å². The molecule has 4 rings (SSSR count). The first kappa shape index (κ1) is 25.8. The number of nitrogens with zero attached hydrogens (tertiary/aromatic N) is 2. The van der Waals surface area contributed by atoms with Crippen molar-refractivity contribution in [1.29, 1.82) is 0 Å². The summed E-state index contributed by atoms with van der Waals surface area (Å²) in [7, 11) is 0. The van der Waals surface area contributed by atoms with Crippen LogP contribution in [-0.4, -0.2) is 41.0 Å². The summed E-state index contributed by atoms with van der Waals surface area (Å²) in [5.41, 5.74) is 2.27. The van der Waals surface area contributed by atoms with E-state index in [0.717, 1.165) is 16.9 Å². The van der Waals surface area contributed by atoms with Crippen molar-refractivity contribution in [3.8, 4) is 5.75 Å². The molecule has 0 saturated carbocycles. The molecule has 3 aromatic rings. The van der Waals surface area contributed by atoms with Crippen LogP contribution in [0.2, 0.25) is 0 Å². The van der Waals surface area contributed by atoms with Crippen LogP contribution in [0.5, 0.6) is 5.75 Å². The maximum atomic E-state index is 13.3. The highest BCUT2D eigenvalue weighted by Gasteiger charge is 2.48. The van der Waals surface area contributed by atoms with Crippen LogP contribution in [0.25, 0.3) is 5.76 Å². The zero-order valence-electron chi connectivity index (χ0n) is 20.7. The molecule has 9 heteroatoms. The van der Waals surface area contributed by atoms with E-state index in [1.54, 1.807) is 56.3 Å². The Bertz CT molecular complexity index is 1390.